The number of carboxylic acid groups (broad SMARTS) is 1. The molecule has 0 saturated carbocycles. The van der Waals surface area contributed by atoms with E-state index in [1.165, 1.54) is 18.3 Å². The molecule has 1 aromatic carbocycles. The summed E-state index contributed by atoms with van der Waals surface area (Å²) in [7, 11) is 0. The van der Waals surface area contributed by atoms with Gasteiger partial charge in [-0.3, -0.25) is 14.3 Å². The lowest BCUT2D eigenvalue weighted by atomic mass is 10.1. The molecule has 27 heavy (non-hydrogen) atoms. The summed E-state index contributed by atoms with van der Waals surface area (Å²) in [5, 5.41) is 13.2. The highest BCUT2D eigenvalue weighted by Gasteiger charge is 2.30. The zero-order chi connectivity index (χ0) is 20.4. The number of carbonyl (C=O) groups is 2. The lowest BCUT2D eigenvalue weighted by Crippen LogP contribution is -2.35. The van der Waals surface area contributed by atoms with E-state index in [1.54, 1.807) is 11.6 Å². The minimum Gasteiger partial charge on any atom is -0.480 e. The van der Waals surface area contributed by atoms with Gasteiger partial charge in [0, 0.05) is 18.3 Å². The molecule has 146 valence electrons. The van der Waals surface area contributed by atoms with Gasteiger partial charge in [-0.25, -0.2) is 0 Å². The Hall–Kier alpha value is -2.84. The second-order valence-electron chi connectivity index (χ2n) is 6.43. The van der Waals surface area contributed by atoms with Gasteiger partial charge in [0.05, 0.1) is 17.3 Å². The molecule has 0 bridgehead atoms. The monoisotopic (exact) mass is 383 g/mol. The van der Waals surface area contributed by atoms with Crippen molar-refractivity contribution in [2.75, 3.05) is 6.54 Å². The molecule has 1 aromatic heterocycles. The van der Waals surface area contributed by atoms with E-state index >= 15 is 0 Å². The van der Waals surface area contributed by atoms with Gasteiger partial charge in [0.2, 0.25) is 0 Å². The Morgan fingerprint density at radius 1 is 1.22 bits per heavy atom. The average Bonchev–Trinajstić information content (AvgIpc) is 2.94. The van der Waals surface area contributed by atoms with E-state index in [0.29, 0.717) is 11.3 Å². The van der Waals surface area contributed by atoms with Crippen molar-refractivity contribution in [1.29, 1.82) is 0 Å². The van der Waals surface area contributed by atoms with Gasteiger partial charge in [-0.15, -0.1) is 0 Å². The number of aliphatic carboxylic acids is 1. The maximum absolute atomic E-state index is 12.8. The Bertz CT molecular complexity index is 827. The Balaban J connectivity index is 2.27. The van der Waals surface area contributed by atoms with Crippen LogP contribution < -0.4 is 0 Å². The van der Waals surface area contributed by atoms with Crippen LogP contribution in [0, 0.1) is 6.92 Å². The molecule has 0 fully saturated rings. The van der Waals surface area contributed by atoms with E-state index < -0.39 is 30.2 Å². The molecule has 0 unspecified atom stereocenters. The molecule has 0 spiro atoms. The molecule has 1 N–H and O–H groups in total. The van der Waals surface area contributed by atoms with Crippen molar-refractivity contribution >= 4 is 11.9 Å². The maximum atomic E-state index is 12.8. The van der Waals surface area contributed by atoms with Gasteiger partial charge in [0.15, 0.2) is 0 Å². The van der Waals surface area contributed by atoms with Crippen molar-refractivity contribution in [3.63, 3.8) is 0 Å². The number of rotatable bonds is 6. The Kier molecular flexibility index (Phi) is 5.92. The molecule has 1 heterocycles. The van der Waals surface area contributed by atoms with E-state index in [2.05, 4.69) is 5.10 Å². The van der Waals surface area contributed by atoms with Crippen molar-refractivity contribution in [2.24, 2.45) is 0 Å². The third kappa shape index (κ3) is 4.87. The first-order valence-electron chi connectivity index (χ1n) is 8.22. The summed E-state index contributed by atoms with van der Waals surface area (Å²) in [5.41, 5.74) is 0.442. The summed E-state index contributed by atoms with van der Waals surface area (Å²) in [6.07, 6.45) is -3.09. The van der Waals surface area contributed by atoms with Crippen molar-refractivity contribution in [3.05, 3.63) is 52.8 Å². The molecule has 9 heteroatoms. The van der Waals surface area contributed by atoms with Gasteiger partial charge in [-0.2, -0.15) is 18.3 Å². The number of aromatic nitrogens is 2. The number of halogens is 3. The van der Waals surface area contributed by atoms with Crippen LogP contribution in [0.15, 0.2) is 30.5 Å². The highest BCUT2D eigenvalue weighted by atomic mass is 19.4. The van der Waals surface area contributed by atoms with E-state index in [1.807, 2.05) is 13.8 Å². The molecular weight excluding hydrogens is 363 g/mol. The van der Waals surface area contributed by atoms with Crippen LogP contribution in [0.5, 0.6) is 0 Å². The van der Waals surface area contributed by atoms with Crippen LogP contribution in [0.1, 0.15) is 47.1 Å². The van der Waals surface area contributed by atoms with Crippen LogP contribution in [-0.4, -0.2) is 38.2 Å². The van der Waals surface area contributed by atoms with Gasteiger partial charge in [-0.1, -0.05) is 12.1 Å². The summed E-state index contributed by atoms with van der Waals surface area (Å²) >= 11 is 0. The average molecular weight is 383 g/mol. The van der Waals surface area contributed by atoms with Crippen molar-refractivity contribution in [1.82, 2.24) is 14.7 Å². The first-order chi connectivity index (χ1) is 12.5. The minimum atomic E-state index is -4.46. The fourth-order valence-corrected chi connectivity index (χ4v) is 2.71. The molecular formula is C18H20F3N3O3. The van der Waals surface area contributed by atoms with Gasteiger partial charge in [-0.05, 0) is 38.5 Å². The number of hydrogen-bond acceptors (Lipinski definition) is 3. The summed E-state index contributed by atoms with van der Waals surface area (Å²) in [6.45, 7) is 4.79. The Labute approximate surface area is 154 Å². The highest BCUT2D eigenvalue weighted by Crippen LogP contribution is 2.29. The highest BCUT2D eigenvalue weighted by molar-refractivity contribution is 5.96. The topological polar surface area (TPSA) is 75.4 Å². The molecule has 2 rings (SSSR count). The van der Waals surface area contributed by atoms with E-state index in [9.17, 15) is 22.8 Å². The molecule has 6 nitrogen and oxygen atoms in total. The number of nitrogens with zero attached hydrogens (tertiary/aromatic N) is 3. The molecule has 0 radical (unpaired) electrons. The zero-order valence-electron chi connectivity index (χ0n) is 15.1. The molecule has 2 aromatic rings. The second kappa shape index (κ2) is 7.81. The molecule has 0 aliphatic carbocycles. The number of alkyl halides is 3. The van der Waals surface area contributed by atoms with Gasteiger partial charge in [0.25, 0.3) is 5.91 Å². The quantitative estimate of drug-likeness (QED) is 0.828. The predicted molar refractivity (Wildman–Crippen MR) is 91.2 cm³/mol. The van der Waals surface area contributed by atoms with E-state index in [0.717, 1.165) is 17.0 Å². The fourth-order valence-electron chi connectivity index (χ4n) is 2.71. The summed E-state index contributed by atoms with van der Waals surface area (Å²) in [4.78, 5) is 25.0. The fraction of sp³-hybridized carbons (Fsp3) is 0.389. The van der Waals surface area contributed by atoms with Crippen molar-refractivity contribution in [3.8, 4) is 0 Å². The number of amides is 1. The number of benzene rings is 1. The zero-order valence-corrected chi connectivity index (χ0v) is 15.1. The summed E-state index contributed by atoms with van der Waals surface area (Å²) in [5.74, 6) is -1.76. The molecule has 1 amide bonds. The van der Waals surface area contributed by atoms with Crippen LogP contribution in [0.25, 0.3) is 0 Å². The van der Waals surface area contributed by atoms with Gasteiger partial charge >= 0.3 is 12.1 Å². The van der Waals surface area contributed by atoms with E-state index in [-0.39, 0.29) is 18.2 Å². The Morgan fingerprint density at radius 2 is 1.81 bits per heavy atom. The SMILES string of the molecule is Cc1c(C(=O)N(CC(=O)O)Cc2ccc(C(F)(F)F)cc2)cnn1C(C)C. The standard InChI is InChI=1S/C18H20F3N3O3/c1-11(2)24-12(3)15(8-22-24)17(27)23(10-16(25)26)9-13-4-6-14(7-5-13)18(19,20)21/h4-8,11H,9-10H2,1-3H3,(H,25,26). The molecule has 0 atom stereocenters. The van der Waals surface area contributed by atoms with Crippen LogP contribution in [0.3, 0.4) is 0 Å². The smallest absolute Gasteiger partial charge is 0.416 e. The maximum Gasteiger partial charge on any atom is 0.416 e. The predicted octanol–water partition coefficient (Wildman–Crippen LogP) is 3.52. The van der Waals surface area contributed by atoms with Crippen molar-refractivity contribution < 1.29 is 27.9 Å². The molecule has 0 aliphatic rings. The van der Waals surface area contributed by atoms with Crippen molar-refractivity contribution in [2.45, 2.75) is 39.5 Å². The van der Waals surface area contributed by atoms with Gasteiger partial charge < -0.3 is 10.0 Å². The third-order valence-electron chi connectivity index (χ3n) is 4.03. The summed E-state index contributed by atoms with van der Waals surface area (Å²) in [6, 6.07) is 4.29. The number of carboxylic acids is 1. The molecule has 0 aliphatic heterocycles. The number of hydrogen-bond donors (Lipinski definition) is 1. The normalized spacial score (nSPS) is 11.7. The lowest BCUT2D eigenvalue weighted by molar-refractivity contribution is -0.138. The van der Waals surface area contributed by atoms with Crippen LogP contribution >= 0.6 is 0 Å². The van der Waals surface area contributed by atoms with Gasteiger partial charge in [0.1, 0.15) is 6.54 Å². The number of carbonyl (C=O) groups excluding carboxylic acids is 1. The first-order valence-corrected chi connectivity index (χ1v) is 8.22. The van der Waals surface area contributed by atoms with Crippen LogP contribution in [-0.2, 0) is 17.5 Å². The summed E-state index contributed by atoms with van der Waals surface area (Å²) < 4.78 is 39.6. The van der Waals surface area contributed by atoms with Crippen LogP contribution in [0.2, 0.25) is 0 Å². The minimum absolute atomic E-state index is 0.0226. The van der Waals surface area contributed by atoms with Crippen LogP contribution in [0.4, 0.5) is 13.2 Å². The third-order valence-corrected chi connectivity index (χ3v) is 4.03. The first kappa shape index (κ1) is 20.5. The Morgan fingerprint density at radius 3 is 2.26 bits per heavy atom. The van der Waals surface area contributed by atoms with E-state index in [4.69, 9.17) is 5.11 Å². The molecule has 0 saturated heterocycles. The largest absolute Gasteiger partial charge is 0.480 e. The lowest BCUT2D eigenvalue weighted by Gasteiger charge is -2.21. The second-order valence-corrected chi connectivity index (χ2v) is 6.43.